The van der Waals surface area contributed by atoms with Crippen LogP contribution in [0.2, 0.25) is 0 Å². The molecule has 1 nitrogen and oxygen atoms in total. The number of para-hydroxylation sites is 1. The Labute approximate surface area is 299 Å². The lowest BCUT2D eigenvalue weighted by molar-refractivity contribution is 1.28. The van der Waals surface area contributed by atoms with Crippen LogP contribution in [0.4, 0.5) is 17.1 Å². The van der Waals surface area contributed by atoms with E-state index in [1.165, 1.54) is 66.1 Å². The maximum absolute atomic E-state index is 2.38. The zero-order chi connectivity index (χ0) is 34.0. The molecule has 0 atom stereocenters. The van der Waals surface area contributed by atoms with E-state index >= 15 is 0 Å². The third-order valence-electron chi connectivity index (χ3n) is 9.87. The lowest BCUT2D eigenvalue weighted by atomic mass is 9.92. The molecule has 0 unspecified atom stereocenters. The van der Waals surface area contributed by atoms with Crippen LogP contribution in [0.15, 0.2) is 212 Å². The normalized spacial score (nSPS) is 11.1. The van der Waals surface area contributed by atoms with Crippen molar-refractivity contribution in [3.8, 4) is 44.5 Å². The van der Waals surface area contributed by atoms with Crippen molar-refractivity contribution >= 4 is 38.6 Å². The molecule has 9 aromatic rings. The molecule has 0 bridgehead atoms. The summed E-state index contributed by atoms with van der Waals surface area (Å²) >= 11 is 0. The molecule has 0 radical (unpaired) electrons. The Hall–Kier alpha value is -6.70. The summed E-state index contributed by atoms with van der Waals surface area (Å²) in [4.78, 5) is 2.38. The van der Waals surface area contributed by atoms with Gasteiger partial charge in [-0.3, -0.25) is 0 Å². The molecule has 0 aromatic heterocycles. The van der Waals surface area contributed by atoms with E-state index in [0.717, 1.165) is 17.1 Å². The van der Waals surface area contributed by atoms with Crippen LogP contribution in [0, 0.1) is 0 Å². The highest BCUT2D eigenvalue weighted by Gasteiger charge is 2.20. The number of benzene rings is 9. The minimum absolute atomic E-state index is 1.10. The molecule has 0 heterocycles. The topological polar surface area (TPSA) is 3.24 Å². The zero-order valence-corrected chi connectivity index (χ0v) is 28.2. The monoisotopic (exact) mass is 649 g/mol. The maximum atomic E-state index is 2.38. The fraction of sp³-hybridized carbons (Fsp3) is 0. The van der Waals surface area contributed by atoms with Gasteiger partial charge in [-0.05, 0) is 96.9 Å². The lowest BCUT2D eigenvalue weighted by Gasteiger charge is -2.29. The average molecular weight is 650 g/mol. The van der Waals surface area contributed by atoms with Gasteiger partial charge in [-0.15, -0.1) is 0 Å². The van der Waals surface area contributed by atoms with Crippen LogP contribution in [-0.4, -0.2) is 0 Å². The van der Waals surface area contributed by atoms with Gasteiger partial charge in [0.05, 0.1) is 5.69 Å². The highest BCUT2D eigenvalue weighted by Crippen LogP contribution is 2.45. The first kappa shape index (κ1) is 30.4. The van der Waals surface area contributed by atoms with Gasteiger partial charge in [-0.2, -0.15) is 0 Å². The third-order valence-corrected chi connectivity index (χ3v) is 9.87. The van der Waals surface area contributed by atoms with E-state index in [0.29, 0.717) is 0 Å². The molecular formula is C50H35N. The predicted octanol–water partition coefficient (Wildman–Crippen LogP) is 14.1. The third kappa shape index (κ3) is 5.75. The second-order valence-electron chi connectivity index (χ2n) is 12.9. The molecule has 0 N–H and O–H groups in total. The summed E-state index contributed by atoms with van der Waals surface area (Å²) in [6.07, 6.45) is 0. The molecule has 0 aliphatic heterocycles. The van der Waals surface area contributed by atoms with Gasteiger partial charge in [0.2, 0.25) is 0 Å². The molecule has 0 aliphatic rings. The molecule has 9 aromatic carbocycles. The van der Waals surface area contributed by atoms with Gasteiger partial charge in [-0.1, -0.05) is 176 Å². The summed E-state index contributed by atoms with van der Waals surface area (Å²) in [5.74, 6) is 0. The van der Waals surface area contributed by atoms with Gasteiger partial charge < -0.3 is 4.90 Å². The van der Waals surface area contributed by atoms with Crippen LogP contribution in [-0.2, 0) is 0 Å². The van der Waals surface area contributed by atoms with Crippen LogP contribution >= 0.6 is 0 Å². The van der Waals surface area contributed by atoms with Gasteiger partial charge in [0, 0.05) is 16.9 Å². The van der Waals surface area contributed by atoms with Gasteiger partial charge in [0.15, 0.2) is 0 Å². The molecule has 240 valence electrons. The summed E-state index contributed by atoms with van der Waals surface area (Å²) < 4.78 is 0. The summed E-state index contributed by atoms with van der Waals surface area (Å²) in [5.41, 5.74) is 13.0. The average Bonchev–Trinajstić information content (AvgIpc) is 3.22. The van der Waals surface area contributed by atoms with E-state index in [9.17, 15) is 0 Å². The van der Waals surface area contributed by atoms with Crippen molar-refractivity contribution in [2.75, 3.05) is 4.90 Å². The molecule has 51 heavy (non-hydrogen) atoms. The van der Waals surface area contributed by atoms with Gasteiger partial charge in [0.25, 0.3) is 0 Å². The molecule has 0 aliphatic carbocycles. The van der Waals surface area contributed by atoms with Crippen molar-refractivity contribution < 1.29 is 0 Å². The highest BCUT2D eigenvalue weighted by molar-refractivity contribution is 6.13. The Morgan fingerprint density at radius 1 is 0.275 bits per heavy atom. The molecule has 0 spiro atoms. The summed E-state index contributed by atoms with van der Waals surface area (Å²) in [6, 6.07) is 76.5. The van der Waals surface area contributed by atoms with Crippen molar-refractivity contribution in [1.29, 1.82) is 0 Å². The van der Waals surface area contributed by atoms with E-state index in [4.69, 9.17) is 0 Å². The van der Waals surface area contributed by atoms with E-state index in [2.05, 4.69) is 217 Å². The van der Waals surface area contributed by atoms with Crippen molar-refractivity contribution in [2.45, 2.75) is 0 Å². The summed E-state index contributed by atoms with van der Waals surface area (Å²) in [5, 5.41) is 5.12. The quantitative estimate of drug-likeness (QED) is 0.155. The number of fused-ring (bicyclic) bond motifs is 3. The fourth-order valence-corrected chi connectivity index (χ4v) is 7.44. The molecule has 0 amide bonds. The number of nitrogens with zero attached hydrogens (tertiary/aromatic N) is 1. The molecule has 9 rings (SSSR count). The summed E-state index contributed by atoms with van der Waals surface area (Å²) in [6.45, 7) is 0. The number of hydrogen-bond donors (Lipinski definition) is 0. The first-order chi connectivity index (χ1) is 25.3. The molecule has 0 fully saturated rings. The molecule has 0 saturated heterocycles. The highest BCUT2D eigenvalue weighted by atomic mass is 15.1. The molecular weight excluding hydrogens is 615 g/mol. The Morgan fingerprint density at radius 3 is 1.45 bits per heavy atom. The Morgan fingerprint density at radius 2 is 0.765 bits per heavy atom. The first-order valence-electron chi connectivity index (χ1n) is 17.5. The minimum Gasteiger partial charge on any atom is -0.310 e. The van der Waals surface area contributed by atoms with Crippen molar-refractivity contribution in [3.63, 3.8) is 0 Å². The Balaban J connectivity index is 1.12. The van der Waals surface area contributed by atoms with Crippen molar-refractivity contribution in [2.24, 2.45) is 0 Å². The lowest BCUT2D eigenvalue weighted by Crippen LogP contribution is -2.11. The van der Waals surface area contributed by atoms with Crippen LogP contribution in [0.25, 0.3) is 66.1 Å². The van der Waals surface area contributed by atoms with Crippen molar-refractivity contribution in [1.82, 2.24) is 0 Å². The SMILES string of the molecule is c1ccc(-c2cccc(N(c3ccccc3)c3ccc(-c4ccc(-c5cc6ccccc6c6ccccc56)cc4)cc3)c2-c2ccccc2)cc1. The molecule has 1 heteroatoms. The van der Waals surface area contributed by atoms with Crippen LogP contribution in [0.5, 0.6) is 0 Å². The minimum atomic E-state index is 1.10. The van der Waals surface area contributed by atoms with Gasteiger partial charge in [0.1, 0.15) is 0 Å². The van der Waals surface area contributed by atoms with Crippen LogP contribution in [0.3, 0.4) is 0 Å². The van der Waals surface area contributed by atoms with E-state index < -0.39 is 0 Å². The standard InChI is InChI=1S/C50H35N/c1-4-15-38(16-5-1)45-25-14-26-49(50(45)40-17-6-2-7-18-40)51(42-20-8-3-9-21-42)43-33-31-37(32-34-43)36-27-29-39(30-28-36)48-35-41-19-10-11-22-44(41)46-23-12-13-24-47(46)48/h1-35H. The number of rotatable bonds is 7. The predicted molar refractivity (Wildman–Crippen MR) is 218 cm³/mol. The van der Waals surface area contributed by atoms with Gasteiger partial charge >= 0.3 is 0 Å². The van der Waals surface area contributed by atoms with E-state index in [1.807, 2.05) is 0 Å². The maximum Gasteiger partial charge on any atom is 0.0546 e. The molecule has 0 saturated carbocycles. The van der Waals surface area contributed by atoms with Gasteiger partial charge in [-0.25, -0.2) is 0 Å². The zero-order valence-electron chi connectivity index (χ0n) is 28.2. The smallest absolute Gasteiger partial charge is 0.0546 e. The van der Waals surface area contributed by atoms with Crippen LogP contribution < -0.4 is 4.90 Å². The van der Waals surface area contributed by atoms with E-state index in [1.54, 1.807) is 0 Å². The largest absolute Gasteiger partial charge is 0.310 e. The van der Waals surface area contributed by atoms with E-state index in [-0.39, 0.29) is 0 Å². The number of anilines is 3. The Bertz CT molecular complexity index is 2590. The fourth-order valence-electron chi connectivity index (χ4n) is 7.44. The van der Waals surface area contributed by atoms with Crippen molar-refractivity contribution in [3.05, 3.63) is 212 Å². The second-order valence-corrected chi connectivity index (χ2v) is 12.9. The second kappa shape index (κ2) is 13.3. The first-order valence-corrected chi connectivity index (χ1v) is 17.5. The number of hydrogen-bond acceptors (Lipinski definition) is 1. The van der Waals surface area contributed by atoms with Crippen LogP contribution in [0.1, 0.15) is 0 Å². The Kier molecular flexibility index (Phi) is 7.92. The summed E-state index contributed by atoms with van der Waals surface area (Å²) in [7, 11) is 0.